The molecule has 3 N–H and O–H groups in total. The van der Waals surface area contributed by atoms with Crippen molar-refractivity contribution in [2.45, 2.75) is 0 Å². The van der Waals surface area contributed by atoms with E-state index in [9.17, 15) is 4.79 Å². The minimum absolute atomic E-state index is 0.892. The van der Waals surface area contributed by atoms with Gasteiger partial charge >= 0.3 is 5.97 Å². The van der Waals surface area contributed by atoms with Gasteiger partial charge in [0.2, 0.25) is 0 Å². The second-order valence-corrected chi connectivity index (χ2v) is 0.952. The van der Waals surface area contributed by atoms with Gasteiger partial charge in [-0.25, -0.2) is 9.79 Å². The Labute approximate surface area is 46.3 Å². The smallest absolute Gasteiger partial charge is 0.329 e. The Morgan fingerprint density at radius 2 is 2.38 bits per heavy atom. The minimum Gasteiger partial charge on any atom is -0.478 e. The highest BCUT2D eigenvalue weighted by molar-refractivity contribution is 5.79. The summed E-state index contributed by atoms with van der Waals surface area (Å²) in [6, 6.07) is 0. The normalized spacial score (nSPS) is 11.0. The lowest BCUT2D eigenvalue weighted by molar-refractivity contribution is -0.131. The highest BCUT2D eigenvalue weighted by Crippen LogP contribution is 1.70. The first-order chi connectivity index (χ1) is 3.77. The number of carbonyl (C=O) groups is 1. The van der Waals surface area contributed by atoms with Gasteiger partial charge in [-0.05, 0) is 0 Å². The predicted octanol–water partition coefficient (Wildman–Crippen LogP) is -0.428. The largest absolute Gasteiger partial charge is 0.478 e. The second-order valence-electron chi connectivity index (χ2n) is 0.952. The first-order valence-electron chi connectivity index (χ1n) is 1.90. The van der Waals surface area contributed by atoms with Gasteiger partial charge in [-0.2, -0.15) is 0 Å². The van der Waals surface area contributed by atoms with Gasteiger partial charge in [-0.1, -0.05) is 0 Å². The molecule has 0 aliphatic heterocycles. The fourth-order valence-corrected chi connectivity index (χ4v) is 0.156. The molecular weight excluding hydrogens is 108 g/mol. The maximum atomic E-state index is 9.67. The molecule has 0 aromatic carbocycles. The topological polar surface area (TPSA) is 75.7 Å². The number of rotatable bonds is 2. The molecule has 0 aromatic heterocycles. The van der Waals surface area contributed by atoms with Crippen molar-refractivity contribution in [3.63, 3.8) is 0 Å². The molecule has 0 aliphatic rings. The van der Waals surface area contributed by atoms with Crippen LogP contribution in [0.25, 0.3) is 0 Å². The van der Waals surface area contributed by atoms with Crippen molar-refractivity contribution in [1.82, 2.24) is 0 Å². The molecule has 0 atom stereocenters. The van der Waals surface area contributed by atoms with Crippen LogP contribution in [-0.2, 0) is 4.79 Å². The number of aliphatic carboxylic acids is 1. The summed E-state index contributed by atoms with van der Waals surface area (Å²) in [5.41, 5.74) is 4.78. The van der Waals surface area contributed by atoms with E-state index in [1.54, 1.807) is 0 Å². The predicted molar refractivity (Wildman–Crippen MR) is 29.5 cm³/mol. The number of hydrogen-bond acceptors (Lipinski definition) is 2. The van der Waals surface area contributed by atoms with Gasteiger partial charge in [0, 0.05) is 12.3 Å². The molecule has 0 aromatic rings. The average molecular weight is 114 g/mol. The summed E-state index contributed by atoms with van der Waals surface area (Å²) < 4.78 is 0. The van der Waals surface area contributed by atoms with Crippen LogP contribution in [0, 0.1) is 0 Å². The molecule has 0 unspecified atom stereocenters. The number of carboxylic acids is 1. The number of nitrogens with zero attached hydrogens (tertiary/aromatic N) is 1. The minimum atomic E-state index is -1.03. The fraction of sp³-hybridized carbons (Fsp3) is 0. The summed E-state index contributed by atoms with van der Waals surface area (Å²) in [6.07, 6.45) is 3.01. The SMILES string of the molecule is NC=NC=CC(=O)O. The first-order valence-corrected chi connectivity index (χ1v) is 1.90. The summed E-state index contributed by atoms with van der Waals surface area (Å²) in [7, 11) is 0. The van der Waals surface area contributed by atoms with E-state index in [-0.39, 0.29) is 0 Å². The Kier molecular flexibility index (Phi) is 3.22. The van der Waals surface area contributed by atoms with Crippen molar-refractivity contribution < 1.29 is 9.90 Å². The van der Waals surface area contributed by atoms with E-state index >= 15 is 0 Å². The molecule has 0 aliphatic carbocycles. The average Bonchev–Trinajstić information content (AvgIpc) is 1.66. The van der Waals surface area contributed by atoms with Crippen LogP contribution in [0.2, 0.25) is 0 Å². The molecule has 0 saturated heterocycles. The second kappa shape index (κ2) is 3.86. The fourth-order valence-electron chi connectivity index (χ4n) is 0.156. The summed E-state index contributed by atoms with van der Waals surface area (Å²) in [5.74, 6) is -1.03. The molecule has 0 amide bonds. The number of nitrogens with two attached hydrogens (primary N) is 1. The van der Waals surface area contributed by atoms with E-state index in [0.29, 0.717) is 0 Å². The third-order valence-corrected chi connectivity index (χ3v) is 0.389. The van der Waals surface area contributed by atoms with Crippen molar-refractivity contribution in [3.8, 4) is 0 Å². The van der Waals surface area contributed by atoms with Gasteiger partial charge in [0.1, 0.15) is 0 Å². The zero-order valence-corrected chi connectivity index (χ0v) is 4.11. The molecule has 0 radical (unpaired) electrons. The van der Waals surface area contributed by atoms with Crippen LogP contribution in [0.4, 0.5) is 0 Å². The zero-order valence-electron chi connectivity index (χ0n) is 4.11. The number of hydrogen-bond donors (Lipinski definition) is 2. The van der Waals surface area contributed by atoms with Gasteiger partial charge in [-0.15, -0.1) is 0 Å². The monoisotopic (exact) mass is 114 g/mol. The molecule has 44 valence electrons. The molecule has 0 bridgehead atoms. The lowest BCUT2D eigenvalue weighted by Gasteiger charge is -1.72. The summed E-state index contributed by atoms with van der Waals surface area (Å²) in [5, 5.41) is 7.94. The van der Waals surface area contributed by atoms with Crippen molar-refractivity contribution in [2.24, 2.45) is 10.7 Å². The van der Waals surface area contributed by atoms with Crippen molar-refractivity contribution in [1.29, 1.82) is 0 Å². The summed E-state index contributed by atoms with van der Waals surface area (Å²) in [6.45, 7) is 0. The van der Waals surface area contributed by atoms with Crippen LogP contribution in [-0.4, -0.2) is 17.4 Å². The first kappa shape index (κ1) is 6.68. The molecule has 4 nitrogen and oxygen atoms in total. The van der Waals surface area contributed by atoms with Crippen molar-refractivity contribution in [3.05, 3.63) is 12.3 Å². The maximum absolute atomic E-state index is 9.67. The highest BCUT2D eigenvalue weighted by atomic mass is 16.4. The number of aliphatic imine (C=N–C) groups is 1. The van der Waals surface area contributed by atoms with E-state index in [0.717, 1.165) is 18.6 Å². The Morgan fingerprint density at radius 3 is 2.75 bits per heavy atom. The lowest BCUT2D eigenvalue weighted by atomic mass is 10.6. The standard InChI is InChI=1S/C4H6N2O2/c5-3-6-2-1-4(7)8/h1-3H,(H2,5,6)(H,7,8). The van der Waals surface area contributed by atoms with Crippen molar-refractivity contribution in [2.75, 3.05) is 0 Å². The lowest BCUT2D eigenvalue weighted by Crippen LogP contribution is -1.87. The zero-order chi connectivity index (χ0) is 6.41. The molecule has 0 heterocycles. The quantitative estimate of drug-likeness (QED) is 0.290. The van der Waals surface area contributed by atoms with E-state index in [1.165, 1.54) is 0 Å². The maximum Gasteiger partial charge on any atom is 0.329 e. The number of carboxylic acid groups (broad SMARTS) is 1. The van der Waals surface area contributed by atoms with Gasteiger partial charge in [0.25, 0.3) is 0 Å². The molecule has 0 rings (SSSR count). The molecular formula is C4H6N2O2. The van der Waals surface area contributed by atoms with E-state index < -0.39 is 5.97 Å². The van der Waals surface area contributed by atoms with Crippen LogP contribution >= 0.6 is 0 Å². The van der Waals surface area contributed by atoms with Gasteiger partial charge in [0.05, 0.1) is 6.34 Å². The molecule has 0 saturated carbocycles. The van der Waals surface area contributed by atoms with Crippen LogP contribution in [0.1, 0.15) is 0 Å². The van der Waals surface area contributed by atoms with Gasteiger partial charge < -0.3 is 10.8 Å². The highest BCUT2D eigenvalue weighted by Gasteiger charge is 1.79. The van der Waals surface area contributed by atoms with Crippen LogP contribution in [0.5, 0.6) is 0 Å². The summed E-state index contributed by atoms with van der Waals surface area (Å²) >= 11 is 0. The molecule has 4 heteroatoms. The van der Waals surface area contributed by atoms with Crippen LogP contribution in [0.3, 0.4) is 0 Å². The molecule has 0 spiro atoms. The third-order valence-electron chi connectivity index (χ3n) is 0.389. The van der Waals surface area contributed by atoms with E-state index in [1.807, 2.05) is 0 Å². The third kappa shape index (κ3) is 4.68. The Hall–Kier alpha value is -1.32. The molecule has 0 fully saturated rings. The Bertz CT molecular complexity index is 128. The Morgan fingerprint density at radius 1 is 1.75 bits per heavy atom. The van der Waals surface area contributed by atoms with E-state index in [4.69, 9.17) is 10.8 Å². The van der Waals surface area contributed by atoms with E-state index in [2.05, 4.69) is 4.99 Å². The van der Waals surface area contributed by atoms with Crippen molar-refractivity contribution >= 4 is 12.3 Å². The molecule has 8 heavy (non-hydrogen) atoms. The Balaban J connectivity index is 3.50. The van der Waals surface area contributed by atoms with Crippen LogP contribution < -0.4 is 5.73 Å². The van der Waals surface area contributed by atoms with Gasteiger partial charge in [-0.3, -0.25) is 0 Å². The summed E-state index contributed by atoms with van der Waals surface area (Å²) in [4.78, 5) is 13.0. The van der Waals surface area contributed by atoms with Crippen LogP contribution in [0.15, 0.2) is 17.3 Å². The van der Waals surface area contributed by atoms with Gasteiger partial charge in [0.15, 0.2) is 0 Å².